The van der Waals surface area contributed by atoms with Crippen molar-refractivity contribution in [3.05, 3.63) is 11.3 Å². The van der Waals surface area contributed by atoms with E-state index in [2.05, 4.69) is 18.6 Å². The van der Waals surface area contributed by atoms with Gasteiger partial charge in [0.1, 0.15) is 5.76 Å². The SMILES string of the molecule is CCC1=C(C)C(=O)O1.CCC1OC1C. The van der Waals surface area contributed by atoms with Gasteiger partial charge in [-0.15, -0.1) is 0 Å². The number of carbonyl (C=O) groups is 1. The Morgan fingerprint density at radius 2 is 1.93 bits per heavy atom. The highest BCUT2D eigenvalue weighted by molar-refractivity contribution is 5.94. The van der Waals surface area contributed by atoms with Gasteiger partial charge in [-0.05, 0) is 20.3 Å². The molecule has 1 saturated heterocycles. The normalized spacial score (nSPS) is 28.7. The second kappa shape index (κ2) is 4.60. The van der Waals surface area contributed by atoms with E-state index in [1.54, 1.807) is 6.92 Å². The van der Waals surface area contributed by atoms with Crippen LogP contribution >= 0.6 is 0 Å². The molecule has 0 amide bonds. The van der Waals surface area contributed by atoms with Crippen molar-refractivity contribution in [1.82, 2.24) is 0 Å². The van der Waals surface area contributed by atoms with Gasteiger partial charge in [0.15, 0.2) is 0 Å². The van der Waals surface area contributed by atoms with E-state index in [0.717, 1.165) is 17.8 Å². The van der Waals surface area contributed by atoms with E-state index < -0.39 is 0 Å². The number of ether oxygens (including phenoxy) is 2. The number of carbonyl (C=O) groups excluding carboxylic acids is 1. The second-order valence-electron chi connectivity index (χ2n) is 3.58. The molecule has 0 spiro atoms. The minimum absolute atomic E-state index is 0.165. The largest absolute Gasteiger partial charge is 0.427 e. The minimum Gasteiger partial charge on any atom is -0.427 e. The Balaban J connectivity index is 0.000000146. The highest BCUT2D eigenvalue weighted by Crippen LogP contribution is 2.23. The van der Waals surface area contributed by atoms with E-state index in [-0.39, 0.29) is 5.97 Å². The molecule has 2 atom stereocenters. The van der Waals surface area contributed by atoms with Crippen LogP contribution in [0.2, 0.25) is 0 Å². The highest BCUT2D eigenvalue weighted by atomic mass is 16.6. The first kappa shape index (κ1) is 11.2. The van der Waals surface area contributed by atoms with Crippen molar-refractivity contribution in [3.8, 4) is 0 Å². The van der Waals surface area contributed by atoms with Gasteiger partial charge >= 0.3 is 5.97 Å². The average Bonchev–Trinajstić information content (AvgIpc) is 2.91. The van der Waals surface area contributed by atoms with Gasteiger partial charge in [-0.1, -0.05) is 13.8 Å². The van der Waals surface area contributed by atoms with Gasteiger partial charge in [0.25, 0.3) is 0 Å². The fourth-order valence-corrected chi connectivity index (χ4v) is 1.33. The molecule has 0 saturated carbocycles. The van der Waals surface area contributed by atoms with Crippen LogP contribution in [0.1, 0.15) is 40.5 Å². The maximum Gasteiger partial charge on any atom is 0.342 e. The molecule has 2 heterocycles. The van der Waals surface area contributed by atoms with Crippen molar-refractivity contribution in [2.75, 3.05) is 0 Å². The zero-order chi connectivity index (χ0) is 10.7. The van der Waals surface area contributed by atoms with Crippen molar-refractivity contribution in [2.45, 2.75) is 52.7 Å². The lowest BCUT2D eigenvalue weighted by molar-refractivity contribution is -0.140. The molecule has 2 aliphatic rings. The predicted molar refractivity (Wildman–Crippen MR) is 53.7 cm³/mol. The van der Waals surface area contributed by atoms with Crippen molar-refractivity contribution < 1.29 is 14.3 Å². The van der Waals surface area contributed by atoms with Crippen LogP contribution in [0.3, 0.4) is 0 Å². The summed E-state index contributed by atoms with van der Waals surface area (Å²) in [6, 6.07) is 0. The Bertz CT molecular complexity index is 253. The van der Waals surface area contributed by atoms with Gasteiger partial charge in [0, 0.05) is 6.42 Å². The summed E-state index contributed by atoms with van der Waals surface area (Å²) in [5.41, 5.74) is 0.785. The number of hydrogen-bond donors (Lipinski definition) is 0. The summed E-state index contributed by atoms with van der Waals surface area (Å²) in [4.78, 5) is 10.3. The molecule has 14 heavy (non-hydrogen) atoms. The van der Waals surface area contributed by atoms with E-state index in [9.17, 15) is 4.79 Å². The molecule has 2 unspecified atom stereocenters. The zero-order valence-corrected chi connectivity index (χ0v) is 9.29. The van der Waals surface area contributed by atoms with E-state index in [4.69, 9.17) is 4.74 Å². The number of epoxide rings is 1. The number of hydrogen-bond acceptors (Lipinski definition) is 3. The quantitative estimate of drug-likeness (QED) is 0.505. The van der Waals surface area contributed by atoms with Crippen LogP contribution in [0, 0.1) is 0 Å². The minimum atomic E-state index is -0.165. The molecule has 2 aliphatic heterocycles. The molecule has 0 aliphatic carbocycles. The monoisotopic (exact) mass is 198 g/mol. The van der Waals surface area contributed by atoms with Gasteiger partial charge in [0.05, 0.1) is 17.8 Å². The number of esters is 1. The number of cyclic esters (lactones) is 1. The summed E-state index contributed by atoms with van der Waals surface area (Å²) < 4.78 is 9.71. The summed E-state index contributed by atoms with van der Waals surface area (Å²) in [5, 5.41) is 0. The Hall–Kier alpha value is -0.830. The molecule has 1 fully saturated rings. The number of allylic oxidation sites excluding steroid dienone is 1. The Kier molecular flexibility index (Phi) is 3.69. The molecule has 0 bridgehead atoms. The van der Waals surface area contributed by atoms with Crippen LogP contribution in [-0.4, -0.2) is 18.2 Å². The number of rotatable bonds is 2. The lowest BCUT2D eigenvalue weighted by Gasteiger charge is -2.17. The second-order valence-corrected chi connectivity index (χ2v) is 3.58. The Labute approximate surface area is 85.1 Å². The van der Waals surface area contributed by atoms with Crippen molar-refractivity contribution >= 4 is 5.97 Å². The molecule has 0 aromatic heterocycles. The highest BCUT2D eigenvalue weighted by Gasteiger charge is 2.31. The van der Waals surface area contributed by atoms with Crippen molar-refractivity contribution in [2.24, 2.45) is 0 Å². The van der Waals surface area contributed by atoms with Crippen LogP contribution in [0.4, 0.5) is 0 Å². The smallest absolute Gasteiger partial charge is 0.342 e. The third kappa shape index (κ3) is 2.58. The third-order valence-corrected chi connectivity index (χ3v) is 2.50. The first-order valence-electron chi connectivity index (χ1n) is 5.17. The first-order chi connectivity index (χ1) is 6.60. The topological polar surface area (TPSA) is 38.8 Å². The van der Waals surface area contributed by atoms with Crippen molar-refractivity contribution in [1.29, 1.82) is 0 Å². The average molecular weight is 198 g/mol. The molecule has 0 aromatic carbocycles. The van der Waals surface area contributed by atoms with Crippen molar-refractivity contribution in [3.63, 3.8) is 0 Å². The molecule has 0 radical (unpaired) electrons. The maximum absolute atomic E-state index is 10.3. The summed E-state index contributed by atoms with van der Waals surface area (Å²) >= 11 is 0. The molecule has 0 aromatic rings. The molecule has 2 rings (SSSR count). The van der Waals surface area contributed by atoms with Gasteiger partial charge in [-0.2, -0.15) is 0 Å². The molecule has 3 heteroatoms. The lowest BCUT2D eigenvalue weighted by Crippen LogP contribution is -2.18. The maximum atomic E-state index is 10.3. The molecule has 3 nitrogen and oxygen atoms in total. The van der Waals surface area contributed by atoms with E-state index in [1.807, 2.05) is 6.92 Å². The summed E-state index contributed by atoms with van der Waals surface area (Å²) in [6.45, 7) is 8.00. The van der Waals surface area contributed by atoms with E-state index >= 15 is 0 Å². The third-order valence-electron chi connectivity index (χ3n) is 2.50. The van der Waals surface area contributed by atoms with E-state index in [1.165, 1.54) is 6.42 Å². The Morgan fingerprint density at radius 1 is 1.36 bits per heavy atom. The predicted octanol–water partition coefficient (Wildman–Crippen LogP) is 2.41. The fraction of sp³-hybridized carbons (Fsp3) is 0.727. The van der Waals surface area contributed by atoms with Gasteiger partial charge in [-0.3, -0.25) is 0 Å². The Morgan fingerprint density at radius 3 is 2.00 bits per heavy atom. The van der Waals surface area contributed by atoms with Gasteiger partial charge in [-0.25, -0.2) is 4.79 Å². The van der Waals surface area contributed by atoms with Crippen LogP contribution in [0.25, 0.3) is 0 Å². The molecule has 0 N–H and O–H groups in total. The molecular formula is C11H18O3. The van der Waals surface area contributed by atoms with Crippen LogP contribution in [0.15, 0.2) is 11.3 Å². The summed E-state index contributed by atoms with van der Waals surface area (Å²) in [6.07, 6.45) is 3.18. The first-order valence-corrected chi connectivity index (χ1v) is 5.17. The summed E-state index contributed by atoms with van der Waals surface area (Å²) in [5.74, 6) is 0.678. The van der Waals surface area contributed by atoms with Gasteiger partial charge < -0.3 is 9.47 Å². The van der Waals surface area contributed by atoms with Crippen LogP contribution in [-0.2, 0) is 14.3 Å². The van der Waals surface area contributed by atoms with Gasteiger partial charge in [0.2, 0.25) is 0 Å². The zero-order valence-electron chi connectivity index (χ0n) is 9.29. The fourth-order valence-electron chi connectivity index (χ4n) is 1.33. The molecular weight excluding hydrogens is 180 g/mol. The van der Waals surface area contributed by atoms with E-state index in [0.29, 0.717) is 12.2 Å². The standard InChI is InChI=1S/C6H8O2.C5H10O/c1-3-5-4(2)6(7)8-5;1-3-5-4(2)6-5/h3H2,1-2H3;4-5H,3H2,1-2H3. The van der Waals surface area contributed by atoms with Crippen LogP contribution < -0.4 is 0 Å². The van der Waals surface area contributed by atoms with Crippen LogP contribution in [0.5, 0.6) is 0 Å². The lowest BCUT2D eigenvalue weighted by atomic mass is 10.1. The summed E-state index contributed by atoms with van der Waals surface area (Å²) in [7, 11) is 0. The molecule has 80 valence electrons.